The van der Waals surface area contributed by atoms with Gasteiger partial charge in [0.2, 0.25) is 0 Å². The molecule has 4 nitrogen and oxygen atoms in total. The van der Waals surface area contributed by atoms with Crippen LogP contribution in [0.25, 0.3) is 10.9 Å². The van der Waals surface area contributed by atoms with E-state index < -0.39 is 18.0 Å². The Labute approximate surface area is 156 Å². The lowest BCUT2D eigenvalue weighted by Gasteiger charge is -2.41. The maximum Gasteiger partial charge on any atom is 0.299 e. The van der Waals surface area contributed by atoms with Gasteiger partial charge >= 0.3 is 0 Å². The van der Waals surface area contributed by atoms with Crippen molar-refractivity contribution in [2.75, 3.05) is 0 Å². The molecule has 2 heterocycles. The Morgan fingerprint density at radius 2 is 1.96 bits per heavy atom. The third kappa shape index (κ3) is 2.70. The van der Waals surface area contributed by atoms with Crippen molar-refractivity contribution in [2.24, 2.45) is 0 Å². The standard InChI is InChI=1S/C22H18FN3O/c1-3-20(27)26-19(13(2)24)12-17-16-6-4-5-7-18(16)25-21(17)22(26)14-8-10-15(23)11-9-14/h1,4-11,19,22,24-25H,12H2,2H3/t19-,22+/m1/s1. The van der Waals surface area contributed by atoms with Crippen molar-refractivity contribution in [1.29, 1.82) is 5.41 Å². The monoisotopic (exact) mass is 359 g/mol. The number of carbonyl (C=O) groups is 1. The number of H-pyrrole nitrogens is 1. The molecule has 0 saturated carbocycles. The summed E-state index contributed by atoms with van der Waals surface area (Å²) in [7, 11) is 0. The van der Waals surface area contributed by atoms with E-state index in [0.717, 1.165) is 27.7 Å². The number of aromatic nitrogens is 1. The fourth-order valence-corrected chi connectivity index (χ4v) is 3.95. The molecule has 2 atom stereocenters. The van der Waals surface area contributed by atoms with Crippen LogP contribution < -0.4 is 0 Å². The van der Waals surface area contributed by atoms with Gasteiger partial charge in [-0.25, -0.2) is 4.39 Å². The first-order valence-electron chi connectivity index (χ1n) is 8.70. The summed E-state index contributed by atoms with van der Waals surface area (Å²) in [5.41, 5.74) is 4.01. The third-order valence-electron chi connectivity index (χ3n) is 5.18. The number of terminal acetylenes is 1. The first-order valence-corrected chi connectivity index (χ1v) is 8.70. The van der Waals surface area contributed by atoms with Gasteiger partial charge in [-0.1, -0.05) is 30.3 Å². The lowest BCUT2D eigenvalue weighted by molar-refractivity contribution is -0.128. The zero-order valence-corrected chi connectivity index (χ0v) is 14.8. The van der Waals surface area contributed by atoms with Crippen molar-refractivity contribution < 1.29 is 9.18 Å². The highest BCUT2D eigenvalue weighted by Crippen LogP contribution is 2.41. The number of rotatable bonds is 2. The van der Waals surface area contributed by atoms with E-state index in [0.29, 0.717) is 12.1 Å². The quantitative estimate of drug-likeness (QED) is 0.530. The van der Waals surface area contributed by atoms with E-state index in [4.69, 9.17) is 11.8 Å². The number of nitrogens with one attached hydrogen (secondary N) is 2. The molecule has 2 aromatic carbocycles. The number of hydrogen-bond acceptors (Lipinski definition) is 2. The van der Waals surface area contributed by atoms with Crippen LogP contribution in [0.3, 0.4) is 0 Å². The van der Waals surface area contributed by atoms with Crippen LogP contribution in [-0.2, 0) is 11.2 Å². The molecule has 0 unspecified atom stereocenters. The number of carbonyl (C=O) groups excluding carboxylic acids is 1. The summed E-state index contributed by atoms with van der Waals surface area (Å²) in [6.45, 7) is 1.68. The summed E-state index contributed by atoms with van der Waals surface area (Å²) in [5.74, 6) is 1.37. The van der Waals surface area contributed by atoms with Gasteiger partial charge in [-0.15, -0.1) is 6.42 Å². The van der Waals surface area contributed by atoms with E-state index in [1.54, 1.807) is 24.0 Å². The average molecular weight is 359 g/mol. The van der Waals surface area contributed by atoms with Gasteiger partial charge in [-0.05, 0) is 42.2 Å². The summed E-state index contributed by atoms with van der Waals surface area (Å²) in [4.78, 5) is 17.6. The van der Waals surface area contributed by atoms with Crippen molar-refractivity contribution in [2.45, 2.75) is 25.4 Å². The van der Waals surface area contributed by atoms with Gasteiger partial charge in [0.15, 0.2) is 0 Å². The second-order valence-electron chi connectivity index (χ2n) is 6.78. The first-order chi connectivity index (χ1) is 13.0. The molecule has 0 radical (unpaired) electrons. The van der Waals surface area contributed by atoms with Gasteiger partial charge in [0, 0.05) is 28.7 Å². The molecule has 1 aliphatic heterocycles. The van der Waals surface area contributed by atoms with Gasteiger partial charge in [0.05, 0.1) is 12.1 Å². The predicted molar refractivity (Wildman–Crippen MR) is 103 cm³/mol. The van der Waals surface area contributed by atoms with Gasteiger partial charge < -0.3 is 15.3 Å². The molecule has 0 fully saturated rings. The fraction of sp³-hybridized carbons (Fsp3) is 0.182. The number of hydrogen-bond donors (Lipinski definition) is 2. The number of fused-ring (bicyclic) bond motifs is 3. The molecule has 134 valence electrons. The SMILES string of the molecule is C#CC(=O)N1[C@@H](c2ccc(F)cc2)c2[nH]c3ccccc3c2C[C@@H]1C(C)=N. The van der Waals surface area contributed by atoms with Crippen LogP contribution in [0.4, 0.5) is 4.39 Å². The molecule has 0 aliphatic carbocycles. The predicted octanol–water partition coefficient (Wildman–Crippen LogP) is 3.82. The molecule has 0 saturated heterocycles. The van der Waals surface area contributed by atoms with E-state index in [1.165, 1.54) is 12.1 Å². The van der Waals surface area contributed by atoms with Crippen LogP contribution in [0.5, 0.6) is 0 Å². The van der Waals surface area contributed by atoms with Gasteiger partial charge in [0.1, 0.15) is 5.82 Å². The largest absolute Gasteiger partial charge is 0.356 e. The molecule has 3 aromatic rings. The highest BCUT2D eigenvalue weighted by atomic mass is 19.1. The summed E-state index contributed by atoms with van der Waals surface area (Å²) in [6.07, 6.45) is 5.96. The summed E-state index contributed by atoms with van der Waals surface area (Å²) < 4.78 is 13.5. The molecule has 1 aliphatic rings. The van der Waals surface area contributed by atoms with Crippen LogP contribution >= 0.6 is 0 Å². The summed E-state index contributed by atoms with van der Waals surface area (Å²) in [6, 6.07) is 13.0. The zero-order valence-electron chi connectivity index (χ0n) is 14.8. The van der Waals surface area contributed by atoms with E-state index in [-0.39, 0.29) is 5.82 Å². The molecule has 2 N–H and O–H groups in total. The molecule has 1 amide bonds. The maximum absolute atomic E-state index is 13.5. The molecule has 27 heavy (non-hydrogen) atoms. The number of amides is 1. The number of benzene rings is 2. The number of nitrogens with zero attached hydrogens (tertiary/aromatic N) is 1. The van der Waals surface area contributed by atoms with Crippen LogP contribution in [0.2, 0.25) is 0 Å². The second-order valence-corrected chi connectivity index (χ2v) is 6.78. The Bertz CT molecular complexity index is 1090. The molecule has 4 rings (SSSR count). The van der Waals surface area contributed by atoms with Crippen molar-refractivity contribution in [3.05, 3.63) is 71.2 Å². The molecular formula is C22H18FN3O. The molecular weight excluding hydrogens is 341 g/mol. The molecule has 0 bridgehead atoms. The van der Waals surface area contributed by atoms with E-state index in [1.807, 2.05) is 24.3 Å². The zero-order chi connectivity index (χ0) is 19.1. The van der Waals surface area contributed by atoms with Crippen molar-refractivity contribution in [3.8, 4) is 12.3 Å². The van der Waals surface area contributed by atoms with Crippen LogP contribution in [0.1, 0.15) is 29.8 Å². The van der Waals surface area contributed by atoms with Crippen molar-refractivity contribution in [1.82, 2.24) is 9.88 Å². The fourth-order valence-electron chi connectivity index (χ4n) is 3.95. The Kier molecular flexibility index (Phi) is 4.04. The van der Waals surface area contributed by atoms with Crippen LogP contribution in [0.15, 0.2) is 48.5 Å². The Morgan fingerprint density at radius 3 is 2.63 bits per heavy atom. The minimum absolute atomic E-state index is 0.346. The van der Waals surface area contributed by atoms with E-state index >= 15 is 0 Å². The average Bonchev–Trinajstić information content (AvgIpc) is 3.05. The Hall–Kier alpha value is -3.39. The van der Waals surface area contributed by atoms with Gasteiger partial charge in [-0.2, -0.15) is 0 Å². The smallest absolute Gasteiger partial charge is 0.299 e. The normalized spacial score (nSPS) is 18.8. The van der Waals surface area contributed by atoms with E-state index in [9.17, 15) is 9.18 Å². The first kappa shape index (κ1) is 17.0. The lowest BCUT2D eigenvalue weighted by Crippen LogP contribution is -2.50. The Balaban J connectivity index is 2.00. The number of para-hydroxylation sites is 1. The third-order valence-corrected chi connectivity index (χ3v) is 5.18. The summed E-state index contributed by atoms with van der Waals surface area (Å²) in [5, 5.41) is 9.31. The highest BCUT2D eigenvalue weighted by molar-refractivity contribution is 5.99. The molecule has 1 aromatic heterocycles. The summed E-state index contributed by atoms with van der Waals surface area (Å²) >= 11 is 0. The van der Waals surface area contributed by atoms with Gasteiger partial charge in [0.25, 0.3) is 5.91 Å². The topological polar surface area (TPSA) is 60.0 Å². The molecule has 0 spiro atoms. The van der Waals surface area contributed by atoms with Gasteiger partial charge in [-0.3, -0.25) is 4.79 Å². The van der Waals surface area contributed by atoms with Crippen LogP contribution in [-0.4, -0.2) is 27.5 Å². The van der Waals surface area contributed by atoms with Crippen LogP contribution in [0, 0.1) is 23.6 Å². The van der Waals surface area contributed by atoms with Crippen molar-refractivity contribution in [3.63, 3.8) is 0 Å². The lowest BCUT2D eigenvalue weighted by atomic mass is 9.86. The second kappa shape index (κ2) is 6.40. The maximum atomic E-state index is 13.5. The minimum atomic E-state index is -0.504. The number of halogens is 1. The minimum Gasteiger partial charge on any atom is -0.356 e. The van der Waals surface area contributed by atoms with E-state index in [2.05, 4.69) is 10.9 Å². The highest BCUT2D eigenvalue weighted by Gasteiger charge is 2.40. The number of aromatic amines is 1. The molecule has 5 heteroatoms. The Morgan fingerprint density at radius 1 is 1.26 bits per heavy atom. The van der Waals surface area contributed by atoms with Crippen molar-refractivity contribution >= 4 is 22.5 Å².